The lowest BCUT2D eigenvalue weighted by atomic mass is 9.70. The number of halogens is 1. The predicted octanol–water partition coefficient (Wildman–Crippen LogP) is 1.72. The minimum atomic E-state index is -0.663. The standard InChI is InChI=1S/C11H15ClO3/c1-2-14-11-7-3-6(4-9(11)12)10(13)8(5-7)15-11/h6-9H,2-5H2,1H3/t6-,7-,8-,9+,11+/m1/s1. The Morgan fingerprint density at radius 1 is 1.53 bits per heavy atom. The lowest BCUT2D eigenvalue weighted by Crippen LogP contribution is -2.51. The van der Waals surface area contributed by atoms with Crippen molar-refractivity contribution in [2.75, 3.05) is 6.61 Å². The van der Waals surface area contributed by atoms with E-state index in [0.717, 1.165) is 12.8 Å². The third kappa shape index (κ3) is 1.17. The molecule has 1 saturated heterocycles. The van der Waals surface area contributed by atoms with E-state index < -0.39 is 5.79 Å². The topological polar surface area (TPSA) is 35.5 Å². The smallest absolute Gasteiger partial charge is 0.188 e. The number of ketones is 1. The molecule has 3 aliphatic rings. The maximum absolute atomic E-state index is 11.9. The number of alkyl halides is 1. The first-order valence-electron chi connectivity index (χ1n) is 5.67. The molecular formula is C11H15ClO3. The summed E-state index contributed by atoms with van der Waals surface area (Å²) >= 11 is 6.34. The predicted molar refractivity (Wildman–Crippen MR) is 54.7 cm³/mol. The van der Waals surface area contributed by atoms with Gasteiger partial charge in [0.25, 0.3) is 0 Å². The number of Topliss-reactive ketones (excluding diaryl/α,β-unsaturated/α-hetero) is 1. The van der Waals surface area contributed by atoms with Crippen LogP contribution in [0.2, 0.25) is 0 Å². The zero-order valence-electron chi connectivity index (χ0n) is 8.74. The van der Waals surface area contributed by atoms with Crippen molar-refractivity contribution < 1.29 is 14.3 Å². The van der Waals surface area contributed by atoms with Crippen LogP contribution in [0.5, 0.6) is 0 Å². The van der Waals surface area contributed by atoms with Crippen LogP contribution in [0.25, 0.3) is 0 Å². The second-order valence-electron chi connectivity index (χ2n) is 4.73. The lowest BCUT2D eigenvalue weighted by Gasteiger charge is -2.42. The van der Waals surface area contributed by atoms with E-state index >= 15 is 0 Å². The minimum absolute atomic E-state index is 0.118. The summed E-state index contributed by atoms with van der Waals surface area (Å²) in [5.41, 5.74) is 0. The fraction of sp³-hybridized carbons (Fsp3) is 0.909. The van der Waals surface area contributed by atoms with E-state index in [2.05, 4.69) is 0 Å². The molecule has 0 aromatic rings. The maximum atomic E-state index is 11.9. The monoisotopic (exact) mass is 230 g/mol. The average molecular weight is 231 g/mol. The summed E-state index contributed by atoms with van der Waals surface area (Å²) < 4.78 is 11.6. The highest BCUT2D eigenvalue weighted by Crippen LogP contribution is 2.55. The molecule has 0 radical (unpaired) electrons. The maximum Gasteiger partial charge on any atom is 0.188 e. The van der Waals surface area contributed by atoms with E-state index in [-0.39, 0.29) is 23.2 Å². The van der Waals surface area contributed by atoms with Gasteiger partial charge in [0.1, 0.15) is 6.10 Å². The normalized spacial score (nSPS) is 52.5. The van der Waals surface area contributed by atoms with Crippen LogP contribution in [0.3, 0.4) is 0 Å². The summed E-state index contributed by atoms with van der Waals surface area (Å²) in [5.74, 6) is 0.0219. The quantitative estimate of drug-likeness (QED) is 0.678. The Hall–Kier alpha value is -0.120. The van der Waals surface area contributed by atoms with Gasteiger partial charge in [-0.1, -0.05) is 0 Å². The van der Waals surface area contributed by atoms with Crippen molar-refractivity contribution in [2.24, 2.45) is 11.8 Å². The van der Waals surface area contributed by atoms with Crippen LogP contribution in [0, 0.1) is 11.8 Å². The van der Waals surface area contributed by atoms with Crippen molar-refractivity contribution in [3.05, 3.63) is 0 Å². The summed E-state index contributed by atoms with van der Waals surface area (Å²) in [5, 5.41) is -0.169. The molecule has 0 spiro atoms. The molecular weight excluding hydrogens is 216 g/mol. The second-order valence-corrected chi connectivity index (χ2v) is 5.26. The van der Waals surface area contributed by atoms with E-state index in [0.29, 0.717) is 18.9 Å². The van der Waals surface area contributed by atoms with Gasteiger partial charge in [-0.15, -0.1) is 11.6 Å². The van der Waals surface area contributed by atoms with Crippen LogP contribution in [-0.4, -0.2) is 29.7 Å². The van der Waals surface area contributed by atoms with Gasteiger partial charge in [0, 0.05) is 18.4 Å². The average Bonchev–Trinajstić information content (AvgIpc) is 2.49. The lowest BCUT2D eigenvalue weighted by molar-refractivity contribution is -0.241. The SMILES string of the molecule is CCO[C@]12O[C@@H]3C[C@H]1C[C@H](C[C@@H]2Cl)C3=O. The van der Waals surface area contributed by atoms with Crippen molar-refractivity contribution >= 4 is 17.4 Å². The Bertz CT molecular complexity index is 304. The van der Waals surface area contributed by atoms with Crippen molar-refractivity contribution in [1.82, 2.24) is 0 Å². The molecule has 0 unspecified atom stereocenters. The molecule has 84 valence electrons. The number of carbonyl (C=O) groups is 1. The molecule has 3 nitrogen and oxygen atoms in total. The summed E-state index contributed by atoms with van der Waals surface area (Å²) in [6.07, 6.45) is 2.17. The van der Waals surface area contributed by atoms with Crippen LogP contribution in [0.1, 0.15) is 26.2 Å². The molecule has 2 aliphatic carbocycles. The Labute approximate surface area is 94.1 Å². The fourth-order valence-corrected chi connectivity index (χ4v) is 3.88. The summed E-state index contributed by atoms with van der Waals surface area (Å²) in [6.45, 7) is 2.53. The van der Waals surface area contributed by atoms with Gasteiger partial charge in [0.15, 0.2) is 11.6 Å². The van der Waals surface area contributed by atoms with E-state index in [4.69, 9.17) is 21.1 Å². The number of hydrogen-bond donors (Lipinski definition) is 0. The molecule has 2 saturated carbocycles. The highest BCUT2D eigenvalue weighted by Gasteiger charge is 2.64. The van der Waals surface area contributed by atoms with E-state index in [1.54, 1.807) is 0 Å². The molecule has 0 amide bonds. The highest BCUT2D eigenvalue weighted by molar-refractivity contribution is 6.21. The van der Waals surface area contributed by atoms with E-state index in [1.165, 1.54) is 0 Å². The zero-order valence-corrected chi connectivity index (χ0v) is 9.50. The van der Waals surface area contributed by atoms with E-state index in [1.807, 2.05) is 6.92 Å². The molecule has 5 atom stereocenters. The Morgan fingerprint density at radius 3 is 3.07 bits per heavy atom. The minimum Gasteiger partial charge on any atom is -0.348 e. The second kappa shape index (κ2) is 3.19. The largest absolute Gasteiger partial charge is 0.348 e. The van der Waals surface area contributed by atoms with Gasteiger partial charge in [-0.2, -0.15) is 0 Å². The number of fused-ring (bicyclic) bond motifs is 2. The molecule has 1 heterocycles. The Balaban J connectivity index is 1.99. The Kier molecular flexibility index (Phi) is 2.14. The number of ether oxygens (including phenoxy) is 2. The van der Waals surface area contributed by atoms with Crippen molar-refractivity contribution in [2.45, 2.75) is 43.5 Å². The first-order valence-corrected chi connectivity index (χ1v) is 6.10. The fourth-order valence-electron chi connectivity index (χ4n) is 3.37. The number of hydrogen-bond acceptors (Lipinski definition) is 3. The van der Waals surface area contributed by atoms with Crippen molar-refractivity contribution in [1.29, 1.82) is 0 Å². The molecule has 15 heavy (non-hydrogen) atoms. The molecule has 3 bridgehead atoms. The van der Waals surface area contributed by atoms with Crippen LogP contribution in [0.4, 0.5) is 0 Å². The van der Waals surface area contributed by atoms with Crippen LogP contribution in [0.15, 0.2) is 0 Å². The third-order valence-electron chi connectivity index (χ3n) is 3.98. The molecule has 0 aromatic heterocycles. The first kappa shape index (κ1) is 10.1. The molecule has 3 rings (SSSR count). The van der Waals surface area contributed by atoms with Gasteiger partial charge in [0.05, 0.1) is 5.38 Å². The zero-order chi connectivity index (χ0) is 10.6. The molecule has 0 aromatic carbocycles. The van der Waals surface area contributed by atoms with Crippen molar-refractivity contribution in [3.63, 3.8) is 0 Å². The molecule has 3 fully saturated rings. The van der Waals surface area contributed by atoms with Gasteiger partial charge < -0.3 is 9.47 Å². The molecule has 4 heteroatoms. The van der Waals surface area contributed by atoms with E-state index in [9.17, 15) is 4.79 Å². The number of carbonyl (C=O) groups excluding carboxylic acids is 1. The highest BCUT2D eigenvalue weighted by atomic mass is 35.5. The van der Waals surface area contributed by atoms with Gasteiger partial charge in [0.2, 0.25) is 0 Å². The van der Waals surface area contributed by atoms with Crippen LogP contribution < -0.4 is 0 Å². The molecule has 0 N–H and O–H groups in total. The van der Waals surface area contributed by atoms with Gasteiger partial charge in [-0.25, -0.2) is 0 Å². The van der Waals surface area contributed by atoms with Crippen LogP contribution in [-0.2, 0) is 14.3 Å². The van der Waals surface area contributed by atoms with Gasteiger partial charge >= 0.3 is 0 Å². The summed E-state index contributed by atoms with van der Waals surface area (Å²) in [4.78, 5) is 11.9. The Morgan fingerprint density at radius 2 is 2.33 bits per heavy atom. The summed E-state index contributed by atoms with van der Waals surface area (Å²) in [6, 6.07) is 0. The first-order chi connectivity index (χ1) is 7.17. The van der Waals surface area contributed by atoms with Crippen molar-refractivity contribution in [3.8, 4) is 0 Å². The van der Waals surface area contributed by atoms with Crippen LogP contribution >= 0.6 is 11.6 Å². The molecule has 1 aliphatic heterocycles. The third-order valence-corrected chi connectivity index (χ3v) is 4.46. The van der Waals surface area contributed by atoms with Gasteiger partial charge in [-0.3, -0.25) is 4.79 Å². The number of rotatable bonds is 2. The van der Waals surface area contributed by atoms with Gasteiger partial charge in [-0.05, 0) is 26.2 Å². The summed E-state index contributed by atoms with van der Waals surface area (Å²) in [7, 11) is 0.